The van der Waals surface area contributed by atoms with Crippen LogP contribution in [0.4, 0.5) is 0 Å². The summed E-state index contributed by atoms with van der Waals surface area (Å²) in [6.45, 7) is 1.20. The predicted molar refractivity (Wildman–Crippen MR) is 48.5 cm³/mol. The summed E-state index contributed by atoms with van der Waals surface area (Å²) in [5, 5.41) is 54.7. The molecule has 110 valence electrons. The standard InChI is InChI=1S/C6H8O7.C3H6O3.3Na/c7-3(8)1-6(13,5(11)12)2-4(9)10;1-2(4)3(5)6;;;/h13H,1-2H2,(H,7,8)(H,9,10)(H,11,12);2,4H,1H3,(H,5,6);;;/q;;3*+1/p-3. The van der Waals surface area contributed by atoms with Crippen LogP contribution in [0, 0.1) is 0 Å². The molecule has 1 unspecified atom stereocenters. The Hall–Kier alpha value is 0.800. The number of carbonyl (C=O) groups is 4. The van der Waals surface area contributed by atoms with Crippen molar-refractivity contribution in [3.8, 4) is 0 Å². The topological polar surface area (TPSA) is 198 Å². The van der Waals surface area contributed by atoms with Gasteiger partial charge < -0.3 is 45.0 Å². The number of carboxylic acid groups (broad SMARTS) is 4. The third-order valence-electron chi connectivity index (χ3n) is 1.61. The third-order valence-corrected chi connectivity index (χ3v) is 1.61. The van der Waals surface area contributed by atoms with Gasteiger partial charge in [-0.2, -0.15) is 0 Å². The molecule has 22 heavy (non-hydrogen) atoms. The zero-order valence-electron chi connectivity index (χ0n) is 12.7. The molecule has 1 atom stereocenters. The molecule has 0 amide bonds. The Morgan fingerprint density at radius 1 is 0.955 bits per heavy atom. The van der Waals surface area contributed by atoms with Gasteiger partial charge in [0.25, 0.3) is 0 Å². The minimum Gasteiger partial charge on any atom is -0.550 e. The summed E-state index contributed by atoms with van der Waals surface area (Å²) in [6, 6.07) is 0. The maximum Gasteiger partial charge on any atom is 1.00 e. The van der Waals surface area contributed by atoms with E-state index in [-0.39, 0.29) is 88.7 Å². The number of aliphatic hydroxyl groups is 2. The van der Waals surface area contributed by atoms with E-state index in [1.54, 1.807) is 0 Å². The fraction of sp³-hybridized carbons (Fsp3) is 0.556. The van der Waals surface area contributed by atoms with Gasteiger partial charge in [0.1, 0.15) is 11.7 Å². The van der Waals surface area contributed by atoms with E-state index in [1.807, 2.05) is 0 Å². The second kappa shape index (κ2) is 16.7. The van der Waals surface area contributed by atoms with E-state index in [0.29, 0.717) is 0 Å². The molecule has 0 saturated carbocycles. The molecule has 10 nitrogen and oxygen atoms in total. The quantitative estimate of drug-likeness (QED) is 0.387. The Balaban J connectivity index is -0.0000000933. The summed E-state index contributed by atoms with van der Waals surface area (Å²) >= 11 is 0. The van der Waals surface area contributed by atoms with E-state index >= 15 is 0 Å². The van der Waals surface area contributed by atoms with Crippen molar-refractivity contribution in [1.29, 1.82) is 0 Å². The van der Waals surface area contributed by atoms with E-state index in [1.165, 1.54) is 6.92 Å². The van der Waals surface area contributed by atoms with Crippen LogP contribution in [0.15, 0.2) is 0 Å². The summed E-state index contributed by atoms with van der Waals surface area (Å²) in [4.78, 5) is 39.4. The average molecular weight is 348 g/mol. The number of carbonyl (C=O) groups excluding carboxylic acids is 3. The Morgan fingerprint density at radius 2 is 1.18 bits per heavy atom. The van der Waals surface area contributed by atoms with Crippen molar-refractivity contribution in [2.75, 3.05) is 0 Å². The first-order chi connectivity index (χ1) is 8.42. The van der Waals surface area contributed by atoms with Gasteiger partial charge in [-0.3, -0.25) is 0 Å². The van der Waals surface area contributed by atoms with Gasteiger partial charge in [-0.15, -0.1) is 0 Å². The van der Waals surface area contributed by atoms with Gasteiger partial charge in [-0.05, 0) is 6.92 Å². The maximum absolute atomic E-state index is 10.1. The normalized spacial score (nSPS) is 10.1. The Bertz CT molecular complexity index is 355. The van der Waals surface area contributed by atoms with Crippen molar-refractivity contribution in [1.82, 2.24) is 0 Å². The summed E-state index contributed by atoms with van der Waals surface area (Å²) in [7, 11) is 0. The minimum absolute atomic E-state index is 0. The molecule has 0 aliphatic rings. The fourth-order valence-electron chi connectivity index (χ4n) is 0.684. The zero-order chi connectivity index (χ0) is 15.8. The number of hydrogen-bond donors (Lipinski definition) is 3. The fourth-order valence-corrected chi connectivity index (χ4v) is 0.684. The predicted octanol–water partition coefficient (Wildman–Crippen LogP) is -14.8. The van der Waals surface area contributed by atoms with E-state index in [0.717, 1.165) is 0 Å². The smallest absolute Gasteiger partial charge is 0.550 e. The molecule has 0 aliphatic heterocycles. The summed E-state index contributed by atoms with van der Waals surface area (Å²) in [5.41, 5.74) is -2.97. The molecule has 0 spiro atoms. The van der Waals surface area contributed by atoms with Crippen LogP contribution in [0.1, 0.15) is 19.8 Å². The second-order valence-electron chi connectivity index (χ2n) is 3.43. The van der Waals surface area contributed by atoms with Crippen molar-refractivity contribution in [2.24, 2.45) is 0 Å². The molecule has 13 heteroatoms. The van der Waals surface area contributed by atoms with Crippen molar-refractivity contribution in [2.45, 2.75) is 31.5 Å². The monoisotopic (exact) mass is 348 g/mol. The van der Waals surface area contributed by atoms with Crippen LogP contribution in [0.5, 0.6) is 0 Å². The van der Waals surface area contributed by atoms with E-state index in [4.69, 9.17) is 15.3 Å². The minimum atomic E-state index is -2.97. The molecule has 0 heterocycles. The molecule has 3 N–H and O–H groups in total. The molecule has 0 radical (unpaired) electrons. The van der Waals surface area contributed by atoms with Gasteiger partial charge >= 0.3 is 94.6 Å². The molecule has 0 saturated heterocycles. The van der Waals surface area contributed by atoms with Crippen molar-refractivity contribution < 1.29 is 138 Å². The Labute approximate surface area is 191 Å². The molecule has 0 bridgehead atoms. The molecule has 0 aromatic heterocycles. The summed E-state index contributed by atoms with van der Waals surface area (Å²) in [5.74, 6) is -7.17. The number of aliphatic carboxylic acids is 4. The molecule has 0 aromatic carbocycles. The zero-order valence-corrected chi connectivity index (χ0v) is 18.7. The van der Waals surface area contributed by atoms with Crippen molar-refractivity contribution >= 4 is 23.9 Å². The Kier molecular flexibility index (Phi) is 25.9. The van der Waals surface area contributed by atoms with Gasteiger partial charge in [0.05, 0.1) is 5.97 Å². The number of hydrogen-bond acceptors (Lipinski definition) is 9. The average Bonchev–Trinajstić information content (AvgIpc) is 2.14. The SMILES string of the molecule is CC(O)C(=O)O.O=C([O-])CC(O)(CC(=O)[O-])C(=O)[O-].[Na+].[Na+].[Na+]. The first kappa shape index (κ1) is 34.2. The van der Waals surface area contributed by atoms with Crippen LogP contribution < -0.4 is 104 Å². The molecule has 0 aromatic rings. The van der Waals surface area contributed by atoms with Crippen LogP contribution in [0.3, 0.4) is 0 Å². The van der Waals surface area contributed by atoms with Crippen molar-refractivity contribution in [3.05, 3.63) is 0 Å². The summed E-state index contributed by atoms with van der Waals surface area (Å²) < 4.78 is 0. The van der Waals surface area contributed by atoms with E-state index in [9.17, 15) is 34.5 Å². The van der Waals surface area contributed by atoms with Crippen molar-refractivity contribution in [3.63, 3.8) is 0 Å². The molecule has 0 fully saturated rings. The molecular formula is C9H11Na3O10. The largest absolute Gasteiger partial charge is 1.00 e. The van der Waals surface area contributed by atoms with Crippen LogP contribution in [0.2, 0.25) is 0 Å². The van der Waals surface area contributed by atoms with Gasteiger partial charge in [-0.25, -0.2) is 4.79 Å². The molecular weight excluding hydrogens is 337 g/mol. The van der Waals surface area contributed by atoms with E-state index in [2.05, 4.69) is 0 Å². The summed E-state index contributed by atoms with van der Waals surface area (Å²) in [6.07, 6.45) is -3.95. The maximum atomic E-state index is 10.1. The van der Waals surface area contributed by atoms with Gasteiger partial charge in [0.15, 0.2) is 0 Å². The number of carboxylic acids is 4. The van der Waals surface area contributed by atoms with Crippen LogP contribution in [-0.2, 0) is 19.2 Å². The van der Waals surface area contributed by atoms with Crippen LogP contribution >= 0.6 is 0 Å². The van der Waals surface area contributed by atoms with E-state index < -0.39 is 48.4 Å². The van der Waals surface area contributed by atoms with Gasteiger partial charge in [-0.1, -0.05) is 0 Å². The molecule has 0 aliphatic carbocycles. The number of aliphatic hydroxyl groups excluding tert-OH is 1. The van der Waals surface area contributed by atoms with Gasteiger partial charge in [0.2, 0.25) is 0 Å². The first-order valence-corrected chi connectivity index (χ1v) is 4.66. The van der Waals surface area contributed by atoms with Crippen LogP contribution in [-0.4, -0.2) is 50.9 Å². The third kappa shape index (κ3) is 18.8. The molecule has 0 rings (SSSR count). The van der Waals surface area contributed by atoms with Crippen LogP contribution in [0.25, 0.3) is 0 Å². The van der Waals surface area contributed by atoms with Gasteiger partial charge in [0, 0.05) is 24.8 Å². The number of rotatable bonds is 6. The first-order valence-electron chi connectivity index (χ1n) is 4.66. The second-order valence-corrected chi connectivity index (χ2v) is 3.43. The Morgan fingerprint density at radius 3 is 1.27 bits per heavy atom.